The number of ketones is 1. The van der Waals surface area contributed by atoms with E-state index < -0.39 is 38.5 Å². The number of hydrogen-bond donors (Lipinski definition) is 4. The molecule has 0 saturated heterocycles. The van der Waals surface area contributed by atoms with Crippen LogP contribution in [0, 0.1) is 0 Å². The molecule has 7 nitrogen and oxygen atoms in total. The largest absolute Gasteiger partial charge is 0.386 e. The lowest BCUT2D eigenvalue weighted by Crippen LogP contribution is -2.46. The van der Waals surface area contributed by atoms with Crippen molar-refractivity contribution in [3.05, 3.63) is 58.6 Å². The number of Topliss-reactive ketones (excluding diaryl/α,β-unsaturated/α-hetero) is 1. The maximum absolute atomic E-state index is 12.8. The van der Waals surface area contributed by atoms with Crippen LogP contribution in [0.3, 0.4) is 0 Å². The number of halogens is 1. The Morgan fingerprint density at radius 2 is 1.85 bits per heavy atom. The van der Waals surface area contributed by atoms with Crippen molar-refractivity contribution in [3.8, 4) is 0 Å². The lowest BCUT2D eigenvalue weighted by Gasteiger charge is -2.44. The summed E-state index contributed by atoms with van der Waals surface area (Å²) in [6, 6.07) is 8.42. The lowest BCUT2D eigenvalue weighted by molar-refractivity contribution is 0.0769. The minimum atomic E-state index is -3.50. The van der Waals surface area contributed by atoms with Gasteiger partial charge in [-0.25, -0.2) is 13.1 Å². The fourth-order valence-corrected chi connectivity index (χ4v) is 5.25. The molecule has 1 aliphatic rings. The van der Waals surface area contributed by atoms with Crippen molar-refractivity contribution in [1.29, 1.82) is 0 Å². The topological polar surface area (TPSA) is 124 Å². The SMILES string of the molecule is CS(=O)(=O)c1ccc(C(=O)C2NS(O)(O)c3ccccc3C2O)c(Cl)c1. The van der Waals surface area contributed by atoms with Gasteiger partial charge in [0, 0.05) is 17.4 Å². The third kappa shape index (κ3) is 3.39. The Kier molecular flexibility index (Phi) is 4.91. The van der Waals surface area contributed by atoms with Gasteiger partial charge in [-0.15, -0.1) is 10.8 Å². The highest BCUT2D eigenvalue weighted by Gasteiger charge is 2.41. The van der Waals surface area contributed by atoms with Gasteiger partial charge in [-0.2, -0.15) is 0 Å². The van der Waals surface area contributed by atoms with Crippen LogP contribution in [0.15, 0.2) is 52.3 Å². The van der Waals surface area contributed by atoms with E-state index in [1.807, 2.05) is 0 Å². The van der Waals surface area contributed by atoms with Gasteiger partial charge in [-0.3, -0.25) is 13.9 Å². The normalized spacial score (nSPS) is 23.1. The van der Waals surface area contributed by atoms with E-state index in [-0.39, 0.29) is 25.9 Å². The van der Waals surface area contributed by atoms with E-state index in [4.69, 9.17) is 11.6 Å². The van der Waals surface area contributed by atoms with Gasteiger partial charge in [-0.1, -0.05) is 29.8 Å². The monoisotopic (exact) mass is 417 g/mol. The summed E-state index contributed by atoms with van der Waals surface area (Å²) in [4.78, 5) is 12.9. The van der Waals surface area contributed by atoms with Gasteiger partial charge in [0.1, 0.15) is 12.1 Å². The first-order valence-electron chi connectivity index (χ1n) is 7.39. The molecule has 2 unspecified atom stereocenters. The summed E-state index contributed by atoms with van der Waals surface area (Å²) in [5.41, 5.74) is 0.193. The summed E-state index contributed by atoms with van der Waals surface area (Å²) in [5, 5.41) is 10.4. The molecular weight excluding hydrogens is 402 g/mol. The minimum Gasteiger partial charge on any atom is -0.386 e. The maximum atomic E-state index is 12.8. The third-order valence-corrected chi connectivity index (χ3v) is 7.06. The van der Waals surface area contributed by atoms with Crippen LogP contribution in [0.1, 0.15) is 22.0 Å². The molecule has 0 saturated carbocycles. The first kappa shape index (κ1) is 19.3. The van der Waals surface area contributed by atoms with E-state index in [9.17, 15) is 27.4 Å². The van der Waals surface area contributed by atoms with Crippen LogP contribution in [0.2, 0.25) is 5.02 Å². The number of aliphatic hydroxyl groups is 1. The van der Waals surface area contributed by atoms with Crippen molar-refractivity contribution in [3.63, 3.8) is 0 Å². The minimum absolute atomic E-state index is 0.0369. The smallest absolute Gasteiger partial charge is 0.185 e. The molecule has 0 amide bonds. The first-order chi connectivity index (χ1) is 12.0. The Morgan fingerprint density at radius 1 is 1.19 bits per heavy atom. The number of aliphatic hydroxyl groups excluding tert-OH is 1. The molecule has 26 heavy (non-hydrogen) atoms. The molecular formula is C16H16ClNO6S2. The zero-order valence-electron chi connectivity index (χ0n) is 13.5. The van der Waals surface area contributed by atoms with Crippen LogP contribution in [-0.4, -0.2) is 40.7 Å². The number of carbonyl (C=O) groups is 1. The lowest BCUT2D eigenvalue weighted by atomic mass is 9.95. The predicted octanol–water partition coefficient (Wildman–Crippen LogP) is 2.66. The van der Waals surface area contributed by atoms with Crippen LogP contribution in [0.5, 0.6) is 0 Å². The second kappa shape index (κ2) is 6.61. The molecule has 0 fully saturated rings. The van der Waals surface area contributed by atoms with Crippen molar-refractivity contribution >= 4 is 38.0 Å². The highest BCUT2D eigenvalue weighted by molar-refractivity contribution is 8.22. The Hall–Kier alpha value is -1.46. The molecule has 3 rings (SSSR count). The summed E-state index contributed by atoms with van der Waals surface area (Å²) in [7, 11) is -6.99. The Morgan fingerprint density at radius 3 is 2.46 bits per heavy atom. The number of benzene rings is 2. The fraction of sp³-hybridized carbons (Fsp3) is 0.188. The number of sulfone groups is 1. The molecule has 2 aromatic rings. The number of carbonyl (C=O) groups excluding carboxylic acids is 1. The Bertz CT molecular complexity index is 992. The molecule has 10 heteroatoms. The van der Waals surface area contributed by atoms with Gasteiger partial charge in [0.05, 0.1) is 14.8 Å². The van der Waals surface area contributed by atoms with Gasteiger partial charge in [0.15, 0.2) is 15.6 Å². The Balaban J connectivity index is 2.01. The van der Waals surface area contributed by atoms with E-state index >= 15 is 0 Å². The molecule has 0 radical (unpaired) electrons. The summed E-state index contributed by atoms with van der Waals surface area (Å²) >= 11 is 6.06. The van der Waals surface area contributed by atoms with Gasteiger partial charge >= 0.3 is 0 Å². The average molecular weight is 418 g/mol. The van der Waals surface area contributed by atoms with E-state index in [2.05, 4.69) is 4.72 Å². The molecule has 0 spiro atoms. The quantitative estimate of drug-likeness (QED) is 0.566. The van der Waals surface area contributed by atoms with Crippen molar-refractivity contribution in [1.82, 2.24) is 4.72 Å². The van der Waals surface area contributed by atoms with Crippen LogP contribution in [0.4, 0.5) is 0 Å². The van der Waals surface area contributed by atoms with Gasteiger partial charge in [0.2, 0.25) is 0 Å². The van der Waals surface area contributed by atoms with Gasteiger partial charge in [-0.05, 0) is 24.3 Å². The van der Waals surface area contributed by atoms with Gasteiger partial charge in [0.25, 0.3) is 0 Å². The molecule has 2 aromatic carbocycles. The number of fused-ring (bicyclic) bond motifs is 1. The zero-order valence-corrected chi connectivity index (χ0v) is 15.8. The van der Waals surface area contributed by atoms with E-state index in [0.29, 0.717) is 0 Å². The average Bonchev–Trinajstić information content (AvgIpc) is 2.57. The number of hydrogen-bond acceptors (Lipinski definition) is 7. The molecule has 0 aromatic heterocycles. The second-order valence-corrected chi connectivity index (χ2v) is 10.1. The summed E-state index contributed by atoms with van der Waals surface area (Å²) < 4.78 is 46.1. The first-order valence-corrected chi connectivity index (χ1v) is 11.2. The zero-order chi connectivity index (χ0) is 19.3. The Labute approximate surface area is 157 Å². The van der Waals surface area contributed by atoms with Crippen molar-refractivity contribution in [2.45, 2.75) is 21.9 Å². The number of rotatable bonds is 3. The van der Waals surface area contributed by atoms with Crippen LogP contribution in [-0.2, 0) is 9.84 Å². The fourth-order valence-electron chi connectivity index (χ4n) is 2.76. The van der Waals surface area contributed by atoms with Crippen LogP contribution < -0.4 is 4.72 Å². The number of nitrogens with one attached hydrogen (secondary N) is 1. The van der Waals surface area contributed by atoms with Crippen molar-refractivity contribution in [2.24, 2.45) is 0 Å². The standard InChI is InChI=1S/C16H16ClNO6S2/c1-25(21,22)9-6-7-10(12(17)8-9)15(19)14-16(20)11-4-2-3-5-13(11)26(23,24)18-14/h2-8,14,16,18,20,23-24H,1H3. The van der Waals surface area contributed by atoms with E-state index in [1.165, 1.54) is 24.3 Å². The highest BCUT2D eigenvalue weighted by Crippen LogP contribution is 2.52. The molecule has 1 aliphatic heterocycles. The van der Waals surface area contributed by atoms with E-state index in [0.717, 1.165) is 12.3 Å². The molecule has 4 N–H and O–H groups in total. The van der Waals surface area contributed by atoms with Crippen LogP contribution >= 0.6 is 22.4 Å². The molecule has 140 valence electrons. The maximum Gasteiger partial charge on any atom is 0.185 e. The highest BCUT2D eigenvalue weighted by atomic mass is 35.5. The van der Waals surface area contributed by atoms with Crippen molar-refractivity contribution < 1.29 is 27.4 Å². The van der Waals surface area contributed by atoms with Crippen molar-refractivity contribution in [2.75, 3.05) is 6.26 Å². The molecule has 1 heterocycles. The molecule has 0 aliphatic carbocycles. The van der Waals surface area contributed by atoms with Crippen LogP contribution in [0.25, 0.3) is 0 Å². The summed E-state index contributed by atoms with van der Waals surface area (Å²) in [6.07, 6.45) is -0.317. The third-order valence-electron chi connectivity index (χ3n) is 4.07. The predicted molar refractivity (Wildman–Crippen MR) is 98.3 cm³/mol. The van der Waals surface area contributed by atoms with Gasteiger partial charge < -0.3 is 5.11 Å². The summed E-state index contributed by atoms with van der Waals surface area (Å²) in [5.74, 6) is -0.683. The molecule has 2 atom stereocenters. The van der Waals surface area contributed by atoms with E-state index in [1.54, 1.807) is 12.1 Å². The second-order valence-electron chi connectivity index (χ2n) is 5.91. The molecule has 0 bridgehead atoms. The summed E-state index contributed by atoms with van der Waals surface area (Å²) in [6.45, 7) is 0.